The number of allylic oxidation sites excluding steroid dienone is 4. The van der Waals surface area contributed by atoms with E-state index in [-0.39, 0.29) is 0 Å². The Hall–Kier alpha value is -1.98. The standard InChI is InChI=1S/C24H34N3OSi/c1-17(2)29(18(3)4)23-15-19(26(5)6)7-9-21(23)25-22-10-8-20(16-24(22)29)27-11-13-28-14-12-27/h7-10,15-18H,11-14H2,1-6H3/q+1. The van der Waals surface area contributed by atoms with Crippen molar-refractivity contribution in [2.24, 2.45) is 4.99 Å². The third-order valence-electron chi connectivity index (χ3n) is 6.81. The number of rotatable bonds is 3. The average Bonchev–Trinajstić information content (AvgIpc) is 2.71. The molecule has 1 aromatic rings. The minimum Gasteiger partial charge on any atom is -0.378 e. The van der Waals surface area contributed by atoms with Crippen LogP contribution < -0.4 is 10.1 Å². The molecule has 2 aliphatic heterocycles. The van der Waals surface area contributed by atoms with Crippen LogP contribution in [-0.2, 0) is 4.74 Å². The highest BCUT2D eigenvalue weighted by molar-refractivity contribution is 7.04. The Morgan fingerprint density at radius 3 is 2.34 bits per heavy atom. The van der Waals surface area contributed by atoms with E-state index >= 15 is 0 Å². The van der Waals surface area contributed by atoms with Crippen molar-refractivity contribution in [3.05, 3.63) is 41.6 Å². The molecule has 0 N–H and O–H groups in total. The van der Waals surface area contributed by atoms with E-state index in [0.717, 1.165) is 26.3 Å². The Bertz CT molecular complexity index is 921. The van der Waals surface area contributed by atoms with E-state index in [1.165, 1.54) is 33.2 Å². The van der Waals surface area contributed by atoms with Gasteiger partial charge in [-0.3, -0.25) is 0 Å². The minimum absolute atomic E-state index is 0.591. The number of morpholine rings is 1. The van der Waals surface area contributed by atoms with Gasteiger partial charge in [0.15, 0.2) is 5.71 Å². The highest BCUT2D eigenvalue weighted by atomic mass is 28.3. The minimum atomic E-state index is -2.03. The summed E-state index contributed by atoms with van der Waals surface area (Å²) in [6.45, 7) is 13.3. The van der Waals surface area contributed by atoms with E-state index in [1.807, 2.05) is 0 Å². The van der Waals surface area contributed by atoms with Gasteiger partial charge in [-0.15, -0.1) is 0 Å². The quantitative estimate of drug-likeness (QED) is 0.432. The van der Waals surface area contributed by atoms with Crippen LogP contribution in [0.3, 0.4) is 0 Å². The molecule has 1 fully saturated rings. The number of aliphatic imine (C=N–C) groups is 1. The molecule has 154 valence electrons. The van der Waals surface area contributed by atoms with Gasteiger partial charge in [0.05, 0.1) is 24.6 Å². The largest absolute Gasteiger partial charge is 0.378 e. The van der Waals surface area contributed by atoms with Gasteiger partial charge in [-0.05, 0) is 45.7 Å². The summed E-state index contributed by atoms with van der Waals surface area (Å²) in [6, 6.07) is 6.99. The smallest absolute Gasteiger partial charge is 0.199 e. The molecule has 0 aromatic heterocycles. The molecule has 3 aliphatic rings. The molecule has 4 nitrogen and oxygen atoms in total. The van der Waals surface area contributed by atoms with E-state index < -0.39 is 8.07 Å². The lowest BCUT2D eigenvalue weighted by molar-refractivity contribution is -0.462. The van der Waals surface area contributed by atoms with Gasteiger partial charge in [0.2, 0.25) is 0 Å². The first-order valence-electron chi connectivity index (χ1n) is 10.9. The summed E-state index contributed by atoms with van der Waals surface area (Å²) in [4.78, 5) is 7.60. The highest BCUT2D eigenvalue weighted by Gasteiger charge is 2.50. The van der Waals surface area contributed by atoms with E-state index in [9.17, 15) is 0 Å². The van der Waals surface area contributed by atoms with Crippen molar-refractivity contribution >= 4 is 36.1 Å². The van der Waals surface area contributed by atoms with E-state index in [0.29, 0.717) is 11.1 Å². The molecule has 0 unspecified atom stereocenters. The van der Waals surface area contributed by atoms with Gasteiger partial charge in [0.25, 0.3) is 0 Å². The van der Waals surface area contributed by atoms with Gasteiger partial charge < -0.3 is 9.64 Å². The van der Waals surface area contributed by atoms with Crippen molar-refractivity contribution < 1.29 is 9.31 Å². The Morgan fingerprint density at radius 1 is 1.03 bits per heavy atom. The molecule has 5 heteroatoms. The molecular weight excluding hydrogens is 374 g/mol. The van der Waals surface area contributed by atoms with Crippen LogP contribution in [0, 0.1) is 0 Å². The number of benzene rings is 1. The predicted molar refractivity (Wildman–Crippen MR) is 126 cm³/mol. The first kappa shape index (κ1) is 20.3. The van der Waals surface area contributed by atoms with Gasteiger partial charge in [0.1, 0.15) is 22.2 Å². The molecular formula is C24H34N3OSi+. The third-order valence-corrected chi connectivity index (χ3v) is 13.0. The molecule has 0 atom stereocenters. The van der Waals surface area contributed by atoms with Gasteiger partial charge in [-0.2, -0.15) is 0 Å². The van der Waals surface area contributed by atoms with Crippen LogP contribution in [0.1, 0.15) is 27.7 Å². The number of hydrogen-bond donors (Lipinski definition) is 0. The summed E-state index contributed by atoms with van der Waals surface area (Å²) in [5, 5.41) is 3.01. The molecule has 0 radical (unpaired) electrons. The van der Waals surface area contributed by atoms with E-state index in [2.05, 4.69) is 87.7 Å². The second-order valence-electron chi connectivity index (χ2n) is 9.19. The number of ether oxygens (including phenoxy) is 1. The van der Waals surface area contributed by atoms with Crippen LogP contribution in [0.4, 0.5) is 11.4 Å². The Kier molecular flexibility index (Phi) is 5.38. The van der Waals surface area contributed by atoms with Crippen molar-refractivity contribution in [1.29, 1.82) is 0 Å². The lowest BCUT2D eigenvalue weighted by Gasteiger charge is -2.45. The number of anilines is 1. The molecule has 1 aromatic carbocycles. The molecule has 4 rings (SSSR count). The van der Waals surface area contributed by atoms with Gasteiger partial charge in [0, 0.05) is 30.9 Å². The zero-order chi connectivity index (χ0) is 20.8. The van der Waals surface area contributed by atoms with Gasteiger partial charge >= 0.3 is 0 Å². The fourth-order valence-corrected chi connectivity index (χ4v) is 11.4. The third kappa shape index (κ3) is 3.24. The highest BCUT2D eigenvalue weighted by Crippen LogP contribution is 2.44. The summed E-state index contributed by atoms with van der Waals surface area (Å²) in [5.74, 6) is 0. The average molecular weight is 409 g/mol. The molecule has 2 heterocycles. The van der Waals surface area contributed by atoms with E-state index in [4.69, 9.17) is 9.73 Å². The maximum Gasteiger partial charge on any atom is 0.199 e. The first-order valence-corrected chi connectivity index (χ1v) is 13.0. The second-order valence-corrected chi connectivity index (χ2v) is 14.3. The van der Waals surface area contributed by atoms with Gasteiger partial charge in [-0.1, -0.05) is 27.7 Å². The molecule has 0 saturated carbocycles. The van der Waals surface area contributed by atoms with Crippen molar-refractivity contribution in [2.45, 2.75) is 38.8 Å². The van der Waals surface area contributed by atoms with Crippen molar-refractivity contribution in [1.82, 2.24) is 0 Å². The maximum absolute atomic E-state index is 5.58. The SMILES string of the molecule is CC(C)[Si]1(C(C)C)C2=CC(=[N+](C)C)C=CC2=Nc2ccc(N3CCOCC3)cc21. The Labute approximate surface area is 176 Å². The second kappa shape index (κ2) is 7.69. The summed E-state index contributed by atoms with van der Waals surface area (Å²) >= 11 is 0. The molecule has 0 spiro atoms. The molecule has 0 bridgehead atoms. The monoisotopic (exact) mass is 408 g/mol. The number of hydrogen-bond acceptors (Lipinski definition) is 3. The summed E-state index contributed by atoms with van der Waals surface area (Å²) in [7, 11) is 2.22. The number of fused-ring (bicyclic) bond motifs is 2. The van der Waals surface area contributed by atoms with Gasteiger partial charge in [-0.25, -0.2) is 9.57 Å². The zero-order valence-corrected chi connectivity index (χ0v) is 19.7. The van der Waals surface area contributed by atoms with Crippen LogP contribution in [0.5, 0.6) is 0 Å². The summed E-state index contributed by atoms with van der Waals surface area (Å²) in [5.41, 5.74) is 6.13. The Morgan fingerprint density at radius 2 is 1.72 bits per heavy atom. The fourth-order valence-electron chi connectivity index (χ4n) is 5.39. The molecule has 29 heavy (non-hydrogen) atoms. The lowest BCUT2D eigenvalue weighted by atomic mass is 10.1. The van der Waals surface area contributed by atoms with Crippen LogP contribution in [-0.4, -0.2) is 64.5 Å². The normalized spacial score (nSPS) is 20.4. The molecule has 0 amide bonds. The fraction of sp³-hybridized carbons (Fsp3) is 0.500. The van der Waals surface area contributed by atoms with Crippen LogP contribution in [0.2, 0.25) is 11.1 Å². The van der Waals surface area contributed by atoms with Crippen LogP contribution >= 0.6 is 0 Å². The zero-order valence-electron chi connectivity index (χ0n) is 18.7. The topological polar surface area (TPSA) is 27.8 Å². The lowest BCUT2D eigenvalue weighted by Crippen LogP contribution is -2.59. The Balaban J connectivity index is 1.95. The van der Waals surface area contributed by atoms with Crippen LogP contribution in [0.25, 0.3) is 0 Å². The number of nitrogens with zero attached hydrogens (tertiary/aromatic N) is 3. The van der Waals surface area contributed by atoms with E-state index in [1.54, 1.807) is 0 Å². The van der Waals surface area contributed by atoms with Crippen molar-refractivity contribution in [2.75, 3.05) is 45.3 Å². The first-order chi connectivity index (χ1) is 13.9. The predicted octanol–water partition coefficient (Wildman–Crippen LogP) is 3.83. The summed E-state index contributed by atoms with van der Waals surface area (Å²) in [6.07, 6.45) is 6.86. The van der Waals surface area contributed by atoms with Crippen molar-refractivity contribution in [3.8, 4) is 0 Å². The van der Waals surface area contributed by atoms with Crippen LogP contribution in [0.15, 0.2) is 46.6 Å². The van der Waals surface area contributed by atoms with Crippen molar-refractivity contribution in [3.63, 3.8) is 0 Å². The summed E-state index contributed by atoms with van der Waals surface area (Å²) < 4.78 is 7.79. The molecule has 1 aliphatic carbocycles. The molecule has 1 saturated heterocycles. The maximum atomic E-state index is 5.58.